The van der Waals surface area contributed by atoms with Crippen molar-refractivity contribution >= 4 is 0 Å². The summed E-state index contributed by atoms with van der Waals surface area (Å²) in [5, 5.41) is 10.2. The Morgan fingerprint density at radius 1 is 1.00 bits per heavy atom. The fraction of sp³-hybridized carbons (Fsp3) is 0.333. The first-order valence-electron chi connectivity index (χ1n) is 8.62. The van der Waals surface area contributed by atoms with Gasteiger partial charge in [-0.05, 0) is 43.2 Å². The molecule has 6 heteroatoms. The largest absolute Gasteiger partial charge is 0.502 e. The lowest BCUT2D eigenvalue weighted by Crippen LogP contribution is -2.31. The van der Waals surface area contributed by atoms with Gasteiger partial charge in [0, 0.05) is 5.56 Å². The van der Waals surface area contributed by atoms with Gasteiger partial charge in [-0.2, -0.15) is 0 Å². The summed E-state index contributed by atoms with van der Waals surface area (Å²) in [5.74, 6) is 2.36. The maximum atomic E-state index is 10.2. The number of rotatable bonds is 6. The highest BCUT2D eigenvalue weighted by Gasteiger charge is 2.33. The molecule has 1 aliphatic rings. The Morgan fingerprint density at radius 2 is 1.63 bits per heavy atom. The van der Waals surface area contributed by atoms with Crippen molar-refractivity contribution < 1.29 is 28.8 Å². The van der Waals surface area contributed by atoms with Crippen molar-refractivity contribution in [2.75, 3.05) is 21.3 Å². The van der Waals surface area contributed by atoms with Crippen LogP contribution in [-0.2, 0) is 6.42 Å². The van der Waals surface area contributed by atoms with Gasteiger partial charge in [0.05, 0.1) is 21.3 Å². The molecule has 0 fully saturated rings. The van der Waals surface area contributed by atoms with Crippen LogP contribution in [-0.4, -0.2) is 32.5 Å². The Bertz CT molecular complexity index is 820. The first-order valence-corrected chi connectivity index (χ1v) is 8.62. The van der Waals surface area contributed by atoms with Crippen LogP contribution < -0.4 is 23.7 Å². The number of phenols is 1. The lowest BCUT2D eigenvalue weighted by Gasteiger charge is -2.33. The number of phenolic OH excluding ortho intramolecular Hbond substituents is 1. The van der Waals surface area contributed by atoms with Gasteiger partial charge >= 0.3 is 0 Å². The van der Waals surface area contributed by atoms with E-state index in [0.717, 1.165) is 11.1 Å². The number of benzene rings is 2. The van der Waals surface area contributed by atoms with Gasteiger partial charge in [-0.25, -0.2) is 0 Å². The number of fused-ring (bicyclic) bond motifs is 1. The van der Waals surface area contributed by atoms with Gasteiger partial charge < -0.3 is 28.8 Å². The molecule has 1 N–H and O–H groups in total. The molecule has 3 rings (SSSR count). The molecular weight excluding hydrogens is 348 g/mol. The zero-order valence-electron chi connectivity index (χ0n) is 15.9. The number of ether oxygens (including phenoxy) is 5. The second-order valence-electron chi connectivity index (χ2n) is 6.25. The van der Waals surface area contributed by atoms with E-state index in [1.54, 1.807) is 19.2 Å². The highest BCUT2D eigenvalue weighted by molar-refractivity contribution is 5.57. The van der Waals surface area contributed by atoms with E-state index >= 15 is 0 Å². The lowest BCUT2D eigenvalue weighted by atomic mass is 10.0. The number of allylic oxidation sites excluding steroid dienone is 1. The molecule has 0 aliphatic carbocycles. The summed E-state index contributed by atoms with van der Waals surface area (Å²) in [7, 11) is 4.58. The summed E-state index contributed by atoms with van der Waals surface area (Å²) in [6, 6.07) is 7.28. The quantitative estimate of drug-likeness (QED) is 0.772. The van der Waals surface area contributed by atoms with Crippen LogP contribution in [0, 0.1) is 0 Å². The number of methoxy groups -OCH3 is 3. The highest BCUT2D eigenvalue weighted by Crippen LogP contribution is 2.48. The zero-order chi connectivity index (χ0) is 19.6. The summed E-state index contributed by atoms with van der Waals surface area (Å²) in [5.41, 5.74) is 1.78. The van der Waals surface area contributed by atoms with E-state index in [9.17, 15) is 5.11 Å². The minimum absolute atomic E-state index is 0.0523. The maximum Gasteiger partial charge on any atom is 0.204 e. The summed E-state index contributed by atoms with van der Waals surface area (Å²) in [4.78, 5) is 0. The van der Waals surface area contributed by atoms with Crippen molar-refractivity contribution in [2.24, 2.45) is 0 Å². The summed E-state index contributed by atoms with van der Waals surface area (Å²) < 4.78 is 28.4. The van der Waals surface area contributed by atoms with E-state index in [-0.39, 0.29) is 11.9 Å². The molecule has 2 aromatic carbocycles. The van der Waals surface area contributed by atoms with Gasteiger partial charge in [-0.1, -0.05) is 6.08 Å². The second kappa shape index (κ2) is 7.70. The third kappa shape index (κ3) is 3.47. The summed E-state index contributed by atoms with van der Waals surface area (Å²) in [6.07, 6.45) is 1.80. The van der Waals surface area contributed by atoms with E-state index in [1.165, 1.54) is 14.2 Å². The van der Waals surface area contributed by atoms with Crippen molar-refractivity contribution in [3.8, 4) is 34.5 Å². The van der Waals surface area contributed by atoms with Crippen LogP contribution in [0.4, 0.5) is 0 Å². The SMILES string of the molecule is C=CCc1cc(OC)c2c(c1)O[C@H](c1cc(OC)c(O)c(OC)c1)[C@@H](C)O2. The minimum atomic E-state index is -0.412. The maximum absolute atomic E-state index is 10.2. The number of aromatic hydroxyl groups is 1. The van der Waals surface area contributed by atoms with Crippen LogP contribution in [0.2, 0.25) is 0 Å². The first-order chi connectivity index (χ1) is 13.0. The van der Waals surface area contributed by atoms with E-state index in [2.05, 4.69) is 6.58 Å². The molecule has 0 bridgehead atoms. The fourth-order valence-corrected chi connectivity index (χ4v) is 3.17. The minimum Gasteiger partial charge on any atom is -0.502 e. The molecule has 0 aromatic heterocycles. The van der Waals surface area contributed by atoms with Crippen LogP contribution in [0.3, 0.4) is 0 Å². The summed E-state index contributed by atoms with van der Waals surface area (Å²) >= 11 is 0. The highest BCUT2D eigenvalue weighted by atomic mass is 16.6. The normalized spacial score (nSPS) is 17.9. The van der Waals surface area contributed by atoms with Gasteiger partial charge in [0.2, 0.25) is 11.5 Å². The van der Waals surface area contributed by atoms with Crippen molar-refractivity contribution in [3.63, 3.8) is 0 Å². The molecule has 2 aromatic rings. The van der Waals surface area contributed by atoms with Gasteiger partial charge in [0.15, 0.2) is 29.1 Å². The Balaban J connectivity index is 2.04. The van der Waals surface area contributed by atoms with E-state index < -0.39 is 6.10 Å². The molecule has 1 aliphatic heterocycles. The third-order valence-corrected chi connectivity index (χ3v) is 4.50. The molecule has 1 heterocycles. The first kappa shape index (κ1) is 18.8. The van der Waals surface area contributed by atoms with Crippen molar-refractivity contribution in [1.82, 2.24) is 0 Å². The van der Waals surface area contributed by atoms with Crippen LogP contribution >= 0.6 is 0 Å². The average Bonchev–Trinajstić information content (AvgIpc) is 2.67. The Hall–Kier alpha value is -3.02. The summed E-state index contributed by atoms with van der Waals surface area (Å²) in [6.45, 7) is 5.69. The Kier molecular flexibility index (Phi) is 5.35. The van der Waals surface area contributed by atoms with Gasteiger partial charge in [-0.15, -0.1) is 6.58 Å². The van der Waals surface area contributed by atoms with Crippen LogP contribution in [0.25, 0.3) is 0 Å². The molecule has 27 heavy (non-hydrogen) atoms. The fourth-order valence-electron chi connectivity index (χ4n) is 3.17. The van der Waals surface area contributed by atoms with Crippen LogP contribution in [0.1, 0.15) is 24.2 Å². The third-order valence-electron chi connectivity index (χ3n) is 4.50. The van der Waals surface area contributed by atoms with Crippen molar-refractivity contribution in [2.45, 2.75) is 25.6 Å². The molecule has 0 saturated heterocycles. The molecule has 0 spiro atoms. The Labute approximate surface area is 158 Å². The predicted molar refractivity (Wildman–Crippen MR) is 102 cm³/mol. The topological polar surface area (TPSA) is 66.4 Å². The molecule has 0 unspecified atom stereocenters. The van der Waals surface area contributed by atoms with Gasteiger partial charge in [0.1, 0.15) is 6.10 Å². The molecule has 6 nitrogen and oxygen atoms in total. The van der Waals surface area contributed by atoms with Crippen molar-refractivity contribution in [3.05, 3.63) is 48.0 Å². The zero-order valence-corrected chi connectivity index (χ0v) is 15.9. The molecule has 144 valence electrons. The van der Waals surface area contributed by atoms with Gasteiger partial charge in [-0.3, -0.25) is 0 Å². The molecule has 2 atom stereocenters. The van der Waals surface area contributed by atoms with Gasteiger partial charge in [0.25, 0.3) is 0 Å². The van der Waals surface area contributed by atoms with Crippen LogP contribution in [0.5, 0.6) is 34.5 Å². The van der Waals surface area contributed by atoms with E-state index in [4.69, 9.17) is 23.7 Å². The standard InChI is InChI=1S/C21H24O6/c1-6-7-13-8-17(25-5)21-18(9-13)27-20(12(2)26-21)14-10-15(23-3)19(22)16(11-14)24-4/h6,8-12,20,22H,1,7H2,2-5H3/t12-,20+/m1/s1. The molecular formula is C21H24O6. The predicted octanol–water partition coefficient (Wildman–Crippen LogP) is 4.05. The molecule has 0 radical (unpaired) electrons. The number of hydrogen-bond acceptors (Lipinski definition) is 6. The number of hydrogen-bond donors (Lipinski definition) is 1. The Morgan fingerprint density at radius 3 is 2.19 bits per heavy atom. The lowest BCUT2D eigenvalue weighted by molar-refractivity contribution is 0.0278. The monoisotopic (exact) mass is 372 g/mol. The second-order valence-corrected chi connectivity index (χ2v) is 6.25. The molecule has 0 saturated carbocycles. The van der Waals surface area contributed by atoms with E-state index in [1.807, 2.05) is 25.1 Å². The van der Waals surface area contributed by atoms with Crippen LogP contribution in [0.15, 0.2) is 36.9 Å². The van der Waals surface area contributed by atoms with Crippen molar-refractivity contribution in [1.29, 1.82) is 0 Å². The average molecular weight is 372 g/mol. The molecule has 0 amide bonds. The van der Waals surface area contributed by atoms with E-state index in [0.29, 0.717) is 35.2 Å². The smallest absolute Gasteiger partial charge is 0.204 e.